The molecule has 3 aromatic heterocycles. The Morgan fingerprint density at radius 1 is 0.945 bits per heavy atom. The number of rotatable bonds is 14. The van der Waals surface area contributed by atoms with Gasteiger partial charge >= 0.3 is 12.1 Å². The fraction of sp³-hybridized carbons (Fsp3) is 0.446. The number of hydrogen-bond acceptors (Lipinski definition) is 12. The molecule has 4 aliphatic heterocycles. The molecule has 14 nitrogen and oxygen atoms in total. The first kappa shape index (κ1) is 49.5. The lowest BCUT2D eigenvalue weighted by atomic mass is 9.92. The molecular weight excluding hydrogens is 963 g/mol. The van der Waals surface area contributed by atoms with Gasteiger partial charge in [0.1, 0.15) is 31.0 Å². The molecule has 1 unspecified atom stereocenters. The van der Waals surface area contributed by atoms with Crippen molar-refractivity contribution in [2.45, 2.75) is 101 Å². The predicted octanol–water partition coefficient (Wildman–Crippen LogP) is 9.55. The van der Waals surface area contributed by atoms with Crippen molar-refractivity contribution >= 4 is 64.0 Å². The molecule has 11 rings (SSSR count). The molecule has 7 aromatic rings. The molecule has 0 bridgehead atoms. The van der Waals surface area contributed by atoms with Gasteiger partial charge in [0.05, 0.1) is 42.5 Å². The maximum Gasteiger partial charge on any atom is 0.419 e. The van der Waals surface area contributed by atoms with Crippen LogP contribution in [-0.4, -0.2) is 126 Å². The van der Waals surface area contributed by atoms with Crippen molar-refractivity contribution < 1.29 is 32.6 Å². The molecule has 4 aliphatic rings. The molecule has 0 N–H and O–H groups in total. The molecule has 4 atom stereocenters. The summed E-state index contributed by atoms with van der Waals surface area (Å²) in [6.45, 7) is 11.0. The van der Waals surface area contributed by atoms with Crippen LogP contribution in [0, 0.1) is 0 Å². The molecule has 0 spiro atoms. The summed E-state index contributed by atoms with van der Waals surface area (Å²) in [4.78, 5) is 31.7. The summed E-state index contributed by atoms with van der Waals surface area (Å²) in [6, 6.07) is 30.0. The van der Waals surface area contributed by atoms with Gasteiger partial charge in [0.25, 0.3) is 8.32 Å². The Morgan fingerprint density at radius 2 is 1.75 bits per heavy atom. The third-order valence-electron chi connectivity index (χ3n) is 15.4. The minimum atomic E-state index is -2.80. The van der Waals surface area contributed by atoms with E-state index in [1.807, 2.05) is 16.9 Å². The van der Waals surface area contributed by atoms with E-state index < -0.39 is 32.2 Å². The predicted molar refractivity (Wildman–Crippen MR) is 283 cm³/mol. The number of hydrogen-bond donors (Lipinski definition) is 0. The molecule has 7 heterocycles. The summed E-state index contributed by atoms with van der Waals surface area (Å²) in [5, 5.41) is 9.68. The third-order valence-corrected chi connectivity index (χ3v) is 20.8. The zero-order valence-electron chi connectivity index (χ0n) is 41.9. The van der Waals surface area contributed by atoms with Crippen LogP contribution in [0.4, 0.5) is 15.0 Å². The average Bonchev–Trinajstić information content (AvgIpc) is 4.19. The van der Waals surface area contributed by atoms with E-state index in [4.69, 9.17) is 50.0 Å². The molecular formula is C56H64ClFN8O6Si. The number of carbonyl (C=O) groups is 1. The van der Waals surface area contributed by atoms with Crippen LogP contribution in [0.15, 0.2) is 110 Å². The van der Waals surface area contributed by atoms with Crippen LogP contribution in [-0.2, 0) is 25.1 Å². The standard InChI is InChI=1S/C56H64ClFN8O6Si/c1-55(2,3)73(42-14-6-4-7-15-42,43-16-8-5-9-17-43)71-28-12-18-44-47(57)31-49-46(33-60-66(49)50-19-10-11-27-69-50)51(44)39-20-21-45-48(30-39)61-53(70-37-56-22-13-24-65(56)34-40(58)32-56)62-52(45)63-26-29-68-36-41(35-63)72-54(67)64-25-23-59-38-64/h4-9,14-17,20-21,23,25,30-31,33,38,40-41,50H,10-13,18-19,22,24,26-29,32,34-37H2,1-3H3/t40-,41+,50?,56+/m1/s1. The zero-order valence-corrected chi connectivity index (χ0v) is 43.7. The largest absolute Gasteiger partial charge is 0.461 e. The summed E-state index contributed by atoms with van der Waals surface area (Å²) < 4.78 is 50.6. The number of imidazole rings is 1. The van der Waals surface area contributed by atoms with Crippen LogP contribution in [0.1, 0.15) is 77.5 Å². The highest BCUT2D eigenvalue weighted by molar-refractivity contribution is 6.99. The van der Waals surface area contributed by atoms with Gasteiger partial charge in [-0.1, -0.05) is 99.1 Å². The minimum absolute atomic E-state index is 0.170. The number of ether oxygens (including phenoxy) is 4. The number of carbonyl (C=O) groups excluding carboxylic acids is 1. The lowest BCUT2D eigenvalue weighted by Crippen LogP contribution is -2.66. The zero-order chi connectivity index (χ0) is 50.2. The van der Waals surface area contributed by atoms with E-state index in [0.717, 1.165) is 71.6 Å². The smallest absolute Gasteiger partial charge is 0.419 e. The fourth-order valence-corrected chi connectivity index (χ4v) is 16.9. The van der Waals surface area contributed by atoms with Gasteiger partial charge in [-0.15, -0.1) is 0 Å². The van der Waals surface area contributed by atoms with Crippen molar-refractivity contribution in [3.8, 4) is 17.1 Å². The number of nitrogens with zero attached hydrogens (tertiary/aromatic N) is 8. The average molecular weight is 1030 g/mol. The van der Waals surface area contributed by atoms with Crippen molar-refractivity contribution in [1.29, 1.82) is 0 Å². The normalized spacial score (nSPS) is 21.9. The monoisotopic (exact) mass is 1030 g/mol. The van der Waals surface area contributed by atoms with Gasteiger partial charge in [-0.3, -0.25) is 4.90 Å². The van der Waals surface area contributed by atoms with Crippen LogP contribution in [0.25, 0.3) is 32.9 Å². The van der Waals surface area contributed by atoms with Crippen LogP contribution >= 0.6 is 11.6 Å². The van der Waals surface area contributed by atoms with Crippen molar-refractivity contribution in [1.82, 2.24) is 34.2 Å². The Bertz CT molecular complexity index is 3010. The Kier molecular flexibility index (Phi) is 14.1. The minimum Gasteiger partial charge on any atom is -0.461 e. The van der Waals surface area contributed by atoms with Gasteiger partial charge in [0, 0.05) is 60.9 Å². The van der Waals surface area contributed by atoms with Gasteiger partial charge < -0.3 is 28.3 Å². The van der Waals surface area contributed by atoms with Crippen molar-refractivity contribution in [3.63, 3.8) is 0 Å². The summed E-state index contributed by atoms with van der Waals surface area (Å²) in [7, 11) is -2.80. The molecule has 0 aliphatic carbocycles. The highest BCUT2D eigenvalue weighted by Crippen LogP contribution is 2.44. The topological polar surface area (TPSA) is 131 Å². The Hall–Kier alpha value is -5.75. The van der Waals surface area contributed by atoms with E-state index in [1.165, 1.54) is 27.5 Å². The van der Waals surface area contributed by atoms with Crippen molar-refractivity contribution in [3.05, 3.63) is 120 Å². The number of halogens is 2. The second-order valence-corrected chi connectivity index (χ2v) is 25.8. The highest BCUT2D eigenvalue weighted by atomic mass is 35.5. The van der Waals surface area contributed by atoms with E-state index in [9.17, 15) is 9.18 Å². The maximum atomic E-state index is 15.0. The van der Waals surface area contributed by atoms with E-state index in [-0.39, 0.29) is 30.5 Å². The molecule has 17 heteroatoms. The first-order valence-electron chi connectivity index (χ1n) is 25.9. The van der Waals surface area contributed by atoms with Crippen molar-refractivity contribution in [2.75, 3.05) is 64.1 Å². The first-order chi connectivity index (χ1) is 35.5. The molecule has 382 valence electrons. The number of anilines is 1. The highest BCUT2D eigenvalue weighted by Gasteiger charge is 2.51. The number of fused-ring (bicyclic) bond motifs is 3. The van der Waals surface area contributed by atoms with Crippen molar-refractivity contribution in [2.24, 2.45) is 0 Å². The summed E-state index contributed by atoms with van der Waals surface area (Å²) in [5.74, 6) is 0.621. The second-order valence-electron chi connectivity index (χ2n) is 21.1. The van der Waals surface area contributed by atoms with Gasteiger partial charge in [0.15, 0.2) is 6.23 Å². The molecule has 73 heavy (non-hydrogen) atoms. The van der Waals surface area contributed by atoms with E-state index >= 15 is 0 Å². The fourth-order valence-electron chi connectivity index (χ4n) is 12.0. The van der Waals surface area contributed by atoms with E-state index in [0.29, 0.717) is 75.1 Å². The van der Waals surface area contributed by atoms with Crippen LogP contribution in [0.2, 0.25) is 10.1 Å². The molecule has 4 aromatic carbocycles. The SMILES string of the molecule is CC(C)(C)[Si](OCCCc1c(Cl)cc2c(cnn2C2CCCCO2)c1-c1ccc2c(N3CCOC[C@@H](OC(=O)n4ccnc4)C3)nc(OC[C@@]34CCCN3C[C@H](F)C4)nc2c1)(c1ccccc1)c1ccccc1. The molecule has 4 saturated heterocycles. The third kappa shape index (κ3) is 9.78. The van der Waals surface area contributed by atoms with E-state index in [2.05, 4.69) is 114 Å². The second kappa shape index (κ2) is 20.9. The lowest BCUT2D eigenvalue weighted by molar-refractivity contribution is -0.0366. The van der Waals surface area contributed by atoms with Crippen LogP contribution < -0.4 is 20.0 Å². The molecule has 0 radical (unpaired) electrons. The van der Waals surface area contributed by atoms with Gasteiger partial charge in [-0.05, 0) is 102 Å². The Morgan fingerprint density at radius 3 is 2.49 bits per heavy atom. The number of benzene rings is 4. The summed E-state index contributed by atoms with van der Waals surface area (Å²) in [5.41, 5.74) is 4.01. The Balaban J connectivity index is 0.981. The van der Waals surface area contributed by atoms with E-state index in [1.54, 1.807) is 6.20 Å². The van der Waals surface area contributed by atoms with Gasteiger partial charge in [-0.25, -0.2) is 23.4 Å². The van der Waals surface area contributed by atoms with Crippen LogP contribution in [0.3, 0.4) is 0 Å². The first-order valence-corrected chi connectivity index (χ1v) is 28.2. The molecule has 4 fully saturated rings. The maximum absolute atomic E-state index is 15.0. The number of alkyl halides is 1. The quantitative estimate of drug-likeness (QED) is 0.0760. The molecule has 0 amide bonds. The van der Waals surface area contributed by atoms with Gasteiger partial charge in [-0.2, -0.15) is 15.1 Å². The number of aromatic nitrogens is 6. The van der Waals surface area contributed by atoms with Gasteiger partial charge in [0.2, 0.25) is 0 Å². The van der Waals surface area contributed by atoms with Crippen LogP contribution in [0.5, 0.6) is 6.01 Å². The summed E-state index contributed by atoms with van der Waals surface area (Å²) >= 11 is 7.53. The Labute approximate surface area is 431 Å². The molecule has 0 saturated carbocycles. The lowest BCUT2D eigenvalue weighted by Gasteiger charge is -2.43. The summed E-state index contributed by atoms with van der Waals surface area (Å²) in [6.07, 6.45) is 10.7.